The highest BCUT2D eigenvalue weighted by Gasteiger charge is 2.20. The van der Waals surface area contributed by atoms with Gasteiger partial charge in [-0.05, 0) is 29.3 Å². The molecule has 0 aromatic heterocycles. The van der Waals surface area contributed by atoms with E-state index in [0.29, 0.717) is 18.7 Å². The molecule has 0 saturated heterocycles. The summed E-state index contributed by atoms with van der Waals surface area (Å²) in [6, 6.07) is 11.5. The Morgan fingerprint density at radius 3 is 2.90 bits per heavy atom. The van der Waals surface area contributed by atoms with E-state index in [4.69, 9.17) is 10.5 Å². The summed E-state index contributed by atoms with van der Waals surface area (Å²) in [6.07, 6.45) is 0.792. The van der Waals surface area contributed by atoms with Crippen molar-refractivity contribution < 1.29 is 9.84 Å². The molecule has 0 amide bonds. The van der Waals surface area contributed by atoms with E-state index in [0.717, 1.165) is 27.8 Å². The number of halogens is 1. The van der Waals surface area contributed by atoms with Crippen LogP contribution in [0.25, 0.3) is 0 Å². The molecule has 20 heavy (non-hydrogen) atoms. The predicted molar refractivity (Wildman–Crippen MR) is 82.9 cm³/mol. The van der Waals surface area contributed by atoms with Crippen molar-refractivity contribution in [3.05, 3.63) is 57.6 Å². The lowest BCUT2D eigenvalue weighted by atomic mass is 9.98. The van der Waals surface area contributed by atoms with Crippen LogP contribution in [0.1, 0.15) is 22.8 Å². The number of rotatable bonds is 3. The van der Waals surface area contributed by atoms with Gasteiger partial charge in [-0.15, -0.1) is 0 Å². The van der Waals surface area contributed by atoms with Crippen molar-refractivity contribution in [3.8, 4) is 5.75 Å². The van der Waals surface area contributed by atoms with Gasteiger partial charge in [0.2, 0.25) is 0 Å². The molecule has 4 heteroatoms. The standard InChI is InChI=1S/C16H16BrNO2/c17-12-7-10-5-6-20-16(10)11(8-12)9-15(19)13-3-1-2-4-14(13)18/h1-4,7-8,15,19H,5-6,9,18H2. The molecular weight excluding hydrogens is 318 g/mol. The summed E-state index contributed by atoms with van der Waals surface area (Å²) in [4.78, 5) is 0. The summed E-state index contributed by atoms with van der Waals surface area (Å²) in [5.41, 5.74) is 9.51. The second kappa shape index (κ2) is 5.46. The van der Waals surface area contributed by atoms with E-state index < -0.39 is 6.10 Å². The Balaban J connectivity index is 1.90. The summed E-state index contributed by atoms with van der Waals surface area (Å²) < 4.78 is 6.71. The average molecular weight is 334 g/mol. The number of hydrogen-bond acceptors (Lipinski definition) is 3. The number of nitrogens with two attached hydrogens (primary N) is 1. The molecule has 0 radical (unpaired) electrons. The second-order valence-corrected chi connectivity index (χ2v) is 5.92. The van der Waals surface area contributed by atoms with E-state index in [2.05, 4.69) is 22.0 Å². The highest BCUT2D eigenvalue weighted by atomic mass is 79.9. The van der Waals surface area contributed by atoms with Crippen molar-refractivity contribution in [1.82, 2.24) is 0 Å². The monoisotopic (exact) mass is 333 g/mol. The molecule has 1 atom stereocenters. The van der Waals surface area contributed by atoms with Crippen LogP contribution in [0.4, 0.5) is 5.69 Å². The van der Waals surface area contributed by atoms with E-state index in [1.165, 1.54) is 5.56 Å². The van der Waals surface area contributed by atoms with Crippen LogP contribution >= 0.6 is 15.9 Å². The topological polar surface area (TPSA) is 55.5 Å². The molecule has 1 aliphatic heterocycles. The first kappa shape index (κ1) is 13.5. The molecule has 0 bridgehead atoms. The van der Waals surface area contributed by atoms with E-state index in [-0.39, 0.29) is 0 Å². The van der Waals surface area contributed by atoms with Crippen LogP contribution in [0.15, 0.2) is 40.9 Å². The molecule has 0 fully saturated rings. The lowest BCUT2D eigenvalue weighted by Crippen LogP contribution is -2.06. The fourth-order valence-corrected chi connectivity index (χ4v) is 3.18. The summed E-state index contributed by atoms with van der Waals surface area (Å²) >= 11 is 3.51. The maximum absolute atomic E-state index is 10.4. The summed E-state index contributed by atoms with van der Waals surface area (Å²) in [7, 11) is 0. The number of hydrogen-bond donors (Lipinski definition) is 2. The fraction of sp³-hybridized carbons (Fsp3) is 0.250. The zero-order chi connectivity index (χ0) is 14.1. The molecule has 1 heterocycles. The highest BCUT2D eigenvalue weighted by Crippen LogP contribution is 2.36. The number of fused-ring (bicyclic) bond motifs is 1. The fourth-order valence-electron chi connectivity index (χ4n) is 2.63. The molecule has 2 aromatic rings. The maximum Gasteiger partial charge on any atom is 0.125 e. The largest absolute Gasteiger partial charge is 0.493 e. The number of nitrogen functional groups attached to an aromatic ring is 1. The Labute approximate surface area is 126 Å². The molecule has 3 N–H and O–H groups in total. The van der Waals surface area contributed by atoms with Gasteiger partial charge >= 0.3 is 0 Å². The minimum absolute atomic E-state index is 0.496. The van der Waals surface area contributed by atoms with E-state index in [1.54, 1.807) is 6.07 Å². The first-order valence-corrected chi connectivity index (χ1v) is 7.41. The number of aliphatic hydroxyl groups excluding tert-OH is 1. The molecule has 3 nitrogen and oxygen atoms in total. The number of anilines is 1. The molecule has 1 unspecified atom stereocenters. The molecular formula is C16H16BrNO2. The molecule has 1 aliphatic rings. The van der Waals surface area contributed by atoms with Gasteiger partial charge in [-0.2, -0.15) is 0 Å². The van der Waals surface area contributed by atoms with Crippen LogP contribution in [0.2, 0.25) is 0 Å². The van der Waals surface area contributed by atoms with Gasteiger partial charge in [-0.25, -0.2) is 0 Å². The van der Waals surface area contributed by atoms with Crippen LogP contribution in [0, 0.1) is 0 Å². The minimum atomic E-state index is -0.626. The third kappa shape index (κ3) is 2.53. The van der Waals surface area contributed by atoms with Crippen molar-refractivity contribution in [2.24, 2.45) is 0 Å². The van der Waals surface area contributed by atoms with Crippen LogP contribution in [-0.2, 0) is 12.8 Å². The smallest absolute Gasteiger partial charge is 0.125 e. The van der Waals surface area contributed by atoms with Crippen LogP contribution in [-0.4, -0.2) is 11.7 Å². The van der Waals surface area contributed by atoms with Crippen LogP contribution in [0.5, 0.6) is 5.75 Å². The Bertz CT molecular complexity index is 642. The SMILES string of the molecule is Nc1ccccc1C(O)Cc1cc(Br)cc2c1OCC2. The number of aliphatic hydroxyl groups is 1. The lowest BCUT2D eigenvalue weighted by Gasteiger charge is -2.15. The predicted octanol–water partition coefficient (Wildman–Crippen LogP) is 3.24. The third-order valence-electron chi connectivity index (χ3n) is 3.59. The number of para-hydroxylation sites is 1. The van der Waals surface area contributed by atoms with E-state index in [9.17, 15) is 5.11 Å². The zero-order valence-corrected chi connectivity index (χ0v) is 12.6. The number of benzene rings is 2. The minimum Gasteiger partial charge on any atom is -0.493 e. The number of ether oxygens (including phenoxy) is 1. The molecule has 0 saturated carbocycles. The summed E-state index contributed by atoms with van der Waals surface area (Å²) in [6.45, 7) is 0.711. The first-order chi connectivity index (χ1) is 9.65. The van der Waals surface area contributed by atoms with Gasteiger partial charge in [0.15, 0.2) is 0 Å². The van der Waals surface area contributed by atoms with E-state index in [1.807, 2.05) is 24.3 Å². The third-order valence-corrected chi connectivity index (χ3v) is 4.05. The van der Waals surface area contributed by atoms with Crippen molar-refractivity contribution in [3.63, 3.8) is 0 Å². The van der Waals surface area contributed by atoms with Gasteiger partial charge in [-0.3, -0.25) is 0 Å². The highest BCUT2D eigenvalue weighted by molar-refractivity contribution is 9.10. The Hall–Kier alpha value is -1.52. The Morgan fingerprint density at radius 2 is 2.10 bits per heavy atom. The Morgan fingerprint density at radius 1 is 1.30 bits per heavy atom. The molecule has 104 valence electrons. The van der Waals surface area contributed by atoms with Crippen LogP contribution in [0.3, 0.4) is 0 Å². The van der Waals surface area contributed by atoms with E-state index >= 15 is 0 Å². The van der Waals surface area contributed by atoms with Crippen LogP contribution < -0.4 is 10.5 Å². The van der Waals surface area contributed by atoms with Crippen molar-refractivity contribution in [2.75, 3.05) is 12.3 Å². The van der Waals surface area contributed by atoms with Gasteiger partial charge in [0.25, 0.3) is 0 Å². The van der Waals surface area contributed by atoms with Crippen molar-refractivity contribution in [2.45, 2.75) is 18.9 Å². The summed E-state index contributed by atoms with van der Waals surface area (Å²) in [5, 5.41) is 10.4. The van der Waals surface area contributed by atoms with Gasteiger partial charge in [-0.1, -0.05) is 34.1 Å². The zero-order valence-electron chi connectivity index (χ0n) is 11.0. The van der Waals surface area contributed by atoms with Crippen molar-refractivity contribution in [1.29, 1.82) is 0 Å². The average Bonchev–Trinajstić information content (AvgIpc) is 2.87. The molecule has 0 spiro atoms. The second-order valence-electron chi connectivity index (χ2n) is 5.00. The summed E-state index contributed by atoms with van der Waals surface area (Å²) in [5.74, 6) is 0.918. The molecule has 0 aliphatic carbocycles. The molecule has 3 rings (SSSR count). The quantitative estimate of drug-likeness (QED) is 0.848. The maximum atomic E-state index is 10.4. The normalized spacial score (nSPS) is 14.7. The van der Waals surface area contributed by atoms with Gasteiger partial charge in [0.1, 0.15) is 5.75 Å². The Kier molecular flexibility index (Phi) is 3.68. The van der Waals surface area contributed by atoms with Gasteiger partial charge in [0, 0.05) is 28.6 Å². The molecule has 2 aromatic carbocycles. The first-order valence-electron chi connectivity index (χ1n) is 6.61. The van der Waals surface area contributed by atoms with Gasteiger partial charge in [0.05, 0.1) is 12.7 Å². The van der Waals surface area contributed by atoms with Crippen molar-refractivity contribution >= 4 is 21.6 Å². The van der Waals surface area contributed by atoms with Gasteiger partial charge < -0.3 is 15.6 Å². The lowest BCUT2D eigenvalue weighted by molar-refractivity contribution is 0.178.